The van der Waals surface area contributed by atoms with E-state index in [1.54, 1.807) is 6.21 Å². The van der Waals surface area contributed by atoms with Gasteiger partial charge >= 0.3 is 0 Å². The highest BCUT2D eigenvalue weighted by Crippen LogP contribution is 2.23. The second kappa shape index (κ2) is 5.66. The van der Waals surface area contributed by atoms with Crippen molar-refractivity contribution in [1.82, 2.24) is 25.1 Å². The molecular weight excluding hydrogens is 326 g/mol. The van der Waals surface area contributed by atoms with E-state index in [0.717, 1.165) is 32.9 Å². The molecule has 0 amide bonds. The van der Waals surface area contributed by atoms with Crippen LogP contribution in [-0.2, 0) is 0 Å². The van der Waals surface area contributed by atoms with Crippen LogP contribution >= 0.6 is 0 Å². The molecule has 3 aromatic heterocycles. The summed E-state index contributed by atoms with van der Waals surface area (Å²) in [6.45, 7) is 2.05. The van der Waals surface area contributed by atoms with Gasteiger partial charge in [-0.25, -0.2) is 5.43 Å². The Morgan fingerprint density at radius 2 is 1.96 bits per heavy atom. The standard InChI is InChI=1S/C19H15N7/c1-11-6-7-16-14(8-11)17-18(22-16)23-19(26-24-17)25-21-10-12-9-20-15-5-3-2-4-13(12)15/h2-10,20H,1H3,(H2,22,23,25,26)/b21-10-. The molecular formula is C19H15N7. The lowest BCUT2D eigenvalue weighted by Crippen LogP contribution is -1.98. The Hall–Kier alpha value is -3.74. The number of benzene rings is 2. The molecule has 0 atom stereocenters. The van der Waals surface area contributed by atoms with Crippen molar-refractivity contribution >= 4 is 45.1 Å². The van der Waals surface area contributed by atoms with E-state index in [9.17, 15) is 0 Å². The summed E-state index contributed by atoms with van der Waals surface area (Å²) in [5.74, 6) is 0.344. The van der Waals surface area contributed by atoms with Gasteiger partial charge in [-0.2, -0.15) is 10.1 Å². The zero-order valence-electron chi connectivity index (χ0n) is 14.0. The van der Waals surface area contributed by atoms with Crippen LogP contribution in [0.2, 0.25) is 0 Å². The maximum Gasteiger partial charge on any atom is 0.265 e. The fourth-order valence-corrected chi connectivity index (χ4v) is 3.09. The lowest BCUT2D eigenvalue weighted by Gasteiger charge is -1.97. The van der Waals surface area contributed by atoms with Gasteiger partial charge in [-0.1, -0.05) is 29.8 Å². The van der Waals surface area contributed by atoms with Crippen LogP contribution in [0.4, 0.5) is 5.95 Å². The Bertz CT molecular complexity index is 1280. The third kappa shape index (κ3) is 2.37. The van der Waals surface area contributed by atoms with Crippen LogP contribution in [0.25, 0.3) is 33.0 Å². The number of nitrogens with zero attached hydrogens (tertiary/aromatic N) is 4. The van der Waals surface area contributed by atoms with Crippen LogP contribution in [0.5, 0.6) is 0 Å². The van der Waals surface area contributed by atoms with E-state index in [0.29, 0.717) is 11.6 Å². The van der Waals surface area contributed by atoms with Crippen LogP contribution in [0, 0.1) is 6.92 Å². The number of aromatic nitrogens is 5. The van der Waals surface area contributed by atoms with Gasteiger partial charge < -0.3 is 9.97 Å². The Kier molecular flexibility index (Phi) is 3.18. The van der Waals surface area contributed by atoms with E-state index in [-0.39, 0.29) is 0 Å². The minimum Gasteiger partial charge on any atom is -0.361 e. The van der Waals surface area contributed by atoms with Gasteiger partial charge in [0.2, 0.25) is 0 Å². The van der Waals surface area contributed by atoms with Crippen molar-refractivity contribution in [3.05, 3.63) is 59.8 Å². The lowest BCUT2D eigenvalue weighted by atomic mass is 10.2. The number of H-pyrrole nitrogens is 2. The number of anilines is 1. The number of hydrogen-bond donors (Lipinski definition) is 3. The van der Waals surface area contributed by atoms with Crippen molar-refractivity contribution in [2.24, 2.45) is 5.10 Å². The fraction of sp³-hybridized carbons (Fsp3) is 0.0526. The minimum atomic E-state index is 0.344. The zero-order valence-corrected chi connectivity index (χ0v) is 14.0. The van der Waals surface area contributed by atoms with Gasteiger partial charge in [0, 0.05) is 33.6 Å². The Labute approximate surface area is 148 Å². The summed E-state index contributed by atoms with van der Waals surface area (Å²) < 4.78 is 0. The summed E-state index contributed by atoms with van der Waals surface area (Å²) in [6.07, 6.45) is 3.65. The summed E-state index contributed by atoms with van der Waals surface area (Å²) >= 11 is 0. The fourth-order valence-electron chi connectivity index (χ4n) is 3.09. The number of hydrogen-bond acceptors (Lipinski definition) is 5. The lowest BCUT2D eigenvalue weighted by molar-refractivity contribution is 1.01. The average Bonchev–Trinajstić information content (AvgIpc) is 3.23. The van der Waals surface area contributed by atoms with E-state index in [1.807, 2.05) is 36.5 Å². The molecule has 0 radical (unpaired) electrons. The summed E-state index contributed by atoms with van der Waals surface area (Å²) in [5, 5.41) is 14.8. The number of hydrazone groups is 1. The van der Waals surface area contributed by atoms with Crippen molar-refractivity contribution in [2.75, 3.05) is 5.43 Å². The summed E-state index contributed by atoms with van der Waals surface area (Å²) in [6, 6.07) is 14.2. The first-order valence-corrected chi connectivity index (χ1v) is 8.26. The quantitative estimate of drug-likeness (QED) is 0.344. The molecule has 0 aliphatic carbocycles. The second-order valence-electron chi connectivity index (χ2n) is 6.17. The molecule has 7 heteroatoms. The number of fused-ring (bicyclic) bond motifs is 4. The highest BCUT2D eigenvalue weighted by atomic mass is 15.4. The van der Waals surface area contributed by atoms with Gasteiger partial charge in [0.1, 0.15) is 5.52 Å². The SMILES string of the molecule is Cc1ccc2[nH]c3nc(N/N=C\c4c[nH]c5ccccc45)nnc3c2c1. The average molecular weight is 341 g/mol. The normalized spacial score (nSPS) is 11.9. The number of aromatic amines is 2. The molecule has 0 aliphatic heterocycles. The van der Waals surface area contributed by atoms with E-state index in [2.05, 4.69) is 54.7 Å². The number of nitrogens with one attached hydrogen (secondary N) is 3. The first-order valence-electron chi connectivity index (χ1n) is 8.26. The van der Waals surface area contributed by atoms with Crippen molar-refractivity contribution in [3.63, 3.8) is 0 Å². The highest BCUT2D eigenvalue weighted by molar-refractivity contribution is 6.03. The number of rotatable bonds is 3. The van der Waals surface area contributed by atoms with Crippen LogP contribution in [0.1, 0.15) is 11.1 Å². The van der Waals surface area contributed by atoms with Crippen LogP contribution in [0.3, 0.4) is 0 Å². The summed E-state index contributed by atoms with van der Waals surface area (Å²) in [5.41, 5.74) is 8.52. The van der Waals surface area contributed by atoms with Gasteiger partial charge in [0.25, 0.3) is 5.95 Å². The van der Waals surface area contributed by atoms with Gasteiger partial charge in [0.15, 0.2) is 5.65 Å². The third-order valence-electron chi connectivity index (χ3n) is 4.36. The van der Waals surface area contributed by atoms with Crippen LogP contribution in [-0.4, -0.2) is 31.4 Å². The molecule has 5 aromatic rings. The molecule has 2 aromatic carbocycles. The Morgan fingerprint density at radius 1 is 1.04 bits per heavy atom. The predicted molar refractivity (Wildman–Crippen MR) is 103 cm³/mol. The maximum absolute atomic E-state index is 4.46. The van der Waals surface area contributed by atoms with Crippen molar-refractivity contribution < 1.29 is 0 Å². The largest absolute Gasteiger partial charge is 0.361 e. The highest BCUT2D eigenvalue weighted by Gasteiger charge is 2.09. The molecule has 3 heterocycles. The van der Waals surface area contributed by atoms with Crippen molar-refractivity contribution in [1.29, 1.82) is 0 Å². The molecule has 126 valence electrons. The van der Waals surface area contributed by atoms with Crippen LogP contribution < -0.4 is 5.43 Å². The monoisotopic (exact) mass is 341 g/mol. The van der Waals surface area contributed by atoms with Crippen LogP contribution in [0.15, 0.2) is 53.8 Å². The van der Waals surface area contributed by atoms with Gasteiger partial charge in [-0.3, -0.25) is 0 Å². The number of aryl methyl sites for hydroxylation is 1. The molecule has 3 N–H and O–H groups in total. The second-order valence-corrected chi connectivity index (χ2v) is 6.17. The van der Waals surface area contributed by atoms with E-state index in [1.165, 1.54) is 5.56 Å². The molecule has 0 fully saturated rings. The molecule has 0 bridgehead atoms. The molecule has 0 spiro atoms. The molecule has 0 saturated heterocycles. The van der Waals surface area contributed by atoms with E-state index < -0.39 is 0 Å². The zero-order chi connectivity index (χ0) is 17.5. The number of para-hydroxylation sites is 1. The molecule has 7 nitrogen and oxygen atoms in total. The Morgan fingerprint density at radius 3 is 2.92 bits per heavy atom. The van der Waals surface area contributed by atoms with Crippen molar-refractivity contribution in [2.45, 2.75) is 6.92 Å². The predicted octanol–water partition coefficient (Wildman–Crippen LogP) is 3.74. The Balaban J connectivity index is 1.45. The molecule has 0 unspecified atom stereocenters. The van der Waals surface area contributed by atoms with Crippen molar-refractivity contribution in [3.8, 4) is 0 Å². The molecule has 0 saturated carbocycles. The smallest absolute Gasteiger partial charge is 0.265 e. The third-order valence-corrected chi connectivity index (χ3v) is 4.36. The minimum absolute atomic E-state index is 0.344. The first-order chi connectivity index (χ1) is 12.8. The van der Waals surface area contributed by atoms with Gasteiger partial charge in [-0.15, -0.1) is 10.2 Å². The summed E-state index contributed by atoms with van der Waals surface area (Å²) in [7, 11) is 0. The maximum atomic E-state index is 4.46. The molecule has 26 heavy (non-hydrogen) atoms. The topological polar surface area (TPSA) is 94.6 Å². The van der Waals surface area contributed by atoms with E-state index >= 15 is 0 Å². The first kappa shape index (κ1) is 14.6. The van der Waals surface area contributed by atoms with E-state index in [4.69, 9.17) is 0 Å². The van der Waals surface area contributed by atoms with Gasteiger partial charge in [-0.05, 0) is 25.1 Å². The molecule has 0 aliphatic rings. The summed E-state index contributed by atoms with van der Waals surface area (Å²) in [4.78, 5) is 10.9. The molecule has 5 rings (SSSR count). The van der Waals surface area contributed by atoms with Gasteiger partial charge in [0.05, 0.1) is 6.21 Å².